The average molecular weight is 324 g/mol. The van der Waals surface area contributed by atoms with Crippen LogP contribution in [0.25, 0.3) is 0 Å². The molecule has 1 unspecified atom stereocenters. The smallest absolute Gasteiger partial charge is 0.123 e. The molecule has 0 saturated carbocycles. The molecule has 1 aromatic carbocycles. The Morgan fingerprint density at radius 1 is 1.37 bits per heavy atom. The Balaban J connectivity index is 1.92. The van der Waals surface area contributed by atoms with Gasteiger partial charge in [-0.1, -0.05) is 15.9 Å². The van der Waals surface area contributed by atoms with E-state index in [1.807, 2.05) is 24.3 Å². The maximum atomic E-state index is 5.36. The average Bonchev–Trinajstić information content (AvgIpc) is 2.89. The second-order valence-electron chi connectivity index (χ2n) is 4.52. The molecular weight excluding hydrogens is 306 g/mol. The standard InChI is InChI=1S/C15H18BrNO2/c1-11(8-14-4-3-7-19-14)17-10-12-9-13(16)5-6-15(12)18-2/h3-7,9,11,17H,8,10H2,1-2H3. The van der Waals surface area contributed by atoms with Crippen LogP contribution in [0.5, 0.6) is 5.75 Å². The Morgan fingerprint density at radius 3 is 2.89 bits per heavy atom. The largest absolute Gasteiger partial charge is 0.496 e. The van der Waals surface area contributed by atoms with Gasteiger partial charge in [-0.15, -0.1) is 0 Å². The van der Waals surface area contributed by atoms with Crippen LogP contribution in [0.1, 0.15) is 18.2 Å². The zero-order chi connectivity index (χ0) is 13.7. The molecule has 2 aromatic rings. The number of ether oxygens (including phenoxy) is 1. The highest BCUT2D eigenvalue weighted by molar-refractivity contribution is 9.10. The highest BCUT2D eigenvalue weighted by Gasteiger charge is 2.08. The van der Waals surface area contributed by atoms with E-state index in [9.17, 15) is 0 Å². The molecule has 2 rings (SSSR count). The molecule has 0 bridgehead atoms. The molecule has 0 aliphatic heterocycles. The van der Waals surface area contributed by atoms with Crippen LogP contribution in [-0.4, -0.2) is 13.2 Å². The Kier molecular flexibility index (Phi) is 5.05. The summed E-state index contributed by atoms with van der Waals surface area (Å²) in [6.07, 6.45) is 2.59. The topological polar surface area (TPSA) is 34.4 Å². The number of methoxy groups -OCH3 is 1. The number of hydrogen-bond acceptors (Lipinski definition) is 3. The van der Waals surface area contributed by atoms with Gasteiger partial charge in [0.15, 0.2) is 0 Å². The van der Waals surface area contributed by atoms with Crippen LogP contribution in [0.4, 0.5) is 0 Å². The van der Waals surface area contributed by atoms with Gasteiger partial charge in [0, 0.05) is 29.0 Å². The van der Waals surface area contributed by atoms with E-state index in [0.717, 1.165) is 34.5 Å². The molecule has 1 heterocycles. The fourth-order valence-electron chi connectivity index (χ4n) is 1.97. The zero-order valence-electron chi connectivity index (χ0n) is 11.2. The van der Waals surface area contributed by atoms with Gasteiger partial charge in [-0.2, -0.15) is 0 Å². The number of hydrogen-bond donors (Lipinski definition) is 1. The van der Waals surface area contributed by atoms with E-state index in [1.165, 1.54) is 0 Å². The monoisotopic (exact) mass is 323 g/mol. The fourth-order valence-corrected chi connectivity index (χ4v) is 2.38. The lowest BCUT2D eigenvalue weighted by molar-refractivity contribution is 0.403. The Labute approximate surface area is 122 Å². The molecule has 19 heavy (non-hydrogen) atoms. The first-order chi connectivity index (χ1) is 9.19. The van der Waals surface area contributed by atoms with Crippen molar-refractivity contribution in [2.24, 2.45) is 0 Å². The van der Waals surface area contributed by atoms with Gasteiger partial charge in [0.1, 0.15) is 11.5 Å². The SMILES string of the molecule is COc1ccc(Br)cc1CNC(C)Cc1ccco1. The summed E-state index contributed by atoms with van der Waals surface area (Å²) in [4.78, 5) is 0. The molecule has 0 aliphatic carbocycles. The summed E-state index contributed by atoms with van der Waals surface area (Å²) in [7, 11) is 1.69. The van der Waals surface area contributed by atoms with Crippen LogP contribution in [0.2, 0.25) is 0 Å². The molecule has 102 valence electrons. The van der Waals surface area contributed by atoms with Gasteiger partial charge in [-0.25, -0.2) is 0 Å². The minimum absolute atomic E-state index is 0.342. The molecule has 3 nitrogen and oxygen atoms in total. The predicted octanol–water partition coefficient (Wildman–Crippen LogP) is 3.77. The normalized spacial score (nSPS) is 12.4. The van der Waals surface area contributed by atoms with Crippen molar-refractivity contribution in [1.29, 1.82) is 0 Å². The minimum atomic E-state index is 0.342. The molecule has 0 aliphatic rings. The van der Waals surface area contributed by atoms with Crippen molar-refractivity contribution in [2.75, 3.05) is 7.11 Å². The number of nitrogens with one attached hydrogen (secondary N) is 1. The molecular formula is C15H18BrNO2. The zero-order valence-corrected chi connectivity index (χ0v) is 12.7. The van der Waals surface area contributed by atoms with Crippen molar-refractivity contribution in [2.45, 2.75) is 25.9 Å². The van der Waals surface area contributed by atoms with E-state index >= 15 is 0 Å². The first-order valence-corrected chi connectivity index (χ1v) is 7.06. The third kappa shape index (κ3) is 4.11. The lowest BCUT2D eigenvalue weighted by atomic mass is 10.1. The molecule has 1 atom stereocenters. The fraction of sp³-hybridized carbons (Fsp3) is 0.333. The third-order valence-electron chi connectivity index (χ3n) is 2.97. The van der Waals surface area contributed by atoms with Crippen LogP contribution in [-0.2, 0) is 13.0 Å². The van der Waals surface area contributed by atoms with E-state index < -0.39 is 0 Å². The maximum absolute atomic E-state index is 5.36. The van der Waals surface area contributed by atoms with E-state index in [-0.39, 0.29) is 0 Å². The second-order valence-corrected chi connectivity index (χ2v) is 5.44. The lowest BCUT2D eigenvalue weighted by Crippen LogP contribution is -2.27. The Bertz CT molecular complexity index is 511. The number of halogens is 1. The van der Waals surface area contributed by atoms with E-state index in [4.69, 9.17) is 9.15 Å². The predicted molar refractivity (Wildman–Crippen MR) is 79.4 cm³/mol. The van der Waals surface area contributed by atoms with Gasteiger partial charge in [0.2, 0.25) is 0 Å². The van der Waals surface area contributed by atoms with Crippen LogP contribution in [0.15, 0.2) is 45.5 Å². The van der Waals surface area contributed by atoms with E-state index in [0.29, 0.717) is 6.04 Å². The van der Waals surface area contributed by atoms with Gasteiger partial charge in [0.25, 0.3) is 0 Å². The first kappa shape index (κ1) is 14.2. The molecule has 0 spiro atoms. The Morgan fingerprint density at radius 2 is 2.21 bits per heavy atom. The molecule has 1 N–H and O–H groups in total. The summed E-state index contributed by atoms with van der Waals surface area (Å²) in [6.45, 7) is 2.91. The van der Waals surface area contributed by atoms with Crippen LogP contribution >= 0.6 is 15.9 Å². The van der Waals surface area contributed by atoms with E-state index in [2.05, 4.69) is 34.2 Å². The first-order valence-electron chi connectivity index (χ1n) is 6.27. The second kappa shape index (κ2) is 6.78. The molecule has 4 heteroatoms. The van der Waals surface area contributed by atoms with Crippen molar-refractivity contribution in [1.82, 2.24) is 5.32 Å². The van der Waals surface area contributed by atoms with Crippen LogP contribution in [0.3, 0.4) is 0 Å². The molecule has 0 radical (unpaired) electrons. The molecule has 0 fully saturated rings. The van der Waals surface area contributed by atoms with Gasteiger partial charge in [0.05, 0.1) is 13.4 Å². The molecule has 1 aromatic heterocycles. The number of benzene rings is 1. The van der Waals surface area contributed by atoms with Crippen molar-refractivity contribution in [3.63, 3.8) is 0 Å². The summed E-state index contributed by atoms with van der Waals surface area (Å²) in [5.41, 5.74) is 1.14. The van der Waals surface area contributed by atoms with Crippen LogP contribution < -0.4 is 10.1 Å². The maximum Gasteiger partial charge on any atom is 0.123 e. The van der Waals surface area contributed by atoms with E-state index in [1.54, 1.807) is 13.4 Å². The van der Waals surface area contributed by atoms with Gasteiger partial charge in [-0.3, -0.25) is 0 Å². The number of furan rings is 1. The highest BCUT2D eigenvalue weighted by Crippen LogP contribution is 2.22. The van der Waals surface area contributed by atoms with Crippen molar-refractivity contribution in [3.05, 3.63) is 52.4 Å². The van der Waals surface area contributed by atoms with Crippen molar-refractivity contribution < 1.29 is 9.15 Å². The van der Waals surface area contributed by atoms with Crippen LogP contribution in [0, 0.1) is 0 Å². The lowest BCUT2D eigenvalue weighted by Gasteiger charge is -2.14. The van der Waals surface area contributed by atoms with Gasteiger partial charge in [-0.05, 0) is 37.3 Å². The number of rotatable bonds is 6. The molecule has 0 saturated heterocycles. The quantitative estimate of drug-likeness (QED) is 0.878. The summed E-state index contributed by atoms with van der Waals surface area (Å²) in [5.74, 6) is 1.90. The minimum Gasteiger partial charge on any atom is -0.496 e. The van der Waals surface area contributed by atoms with Crippen molar-refractivity contribution >= 4 is 15.9 Å². The van der Waals surface area contributed by atoms with Gasteiger partial charge < -0.3 is 14.5 Å². The van der Waals surface area contributed by atoms with Gasteiger partial charge >= 0.3 is 0 Å². The summed E-state index contributed by atoms with van der Waals surface area (Å²) >= 11 is 3.48. The third-order valence-corrected chi connectivity index (χ3v) is 3.46. The molecule has 0 amide bonds. The highest BCUT2D eigenvalue weighted by atomic mass is 79.9. The summed E-state index contributed by atoms with van der Waals surface area (Å²) < 4.78 is 11.8. The summed E-state index contributed by atoms with van der Waals surface area (Å²) in [5, 5.41) is 3.48. The van der Waals surface area contributed by atoms with Crippen molar-refractivity contribution in [3.8, 4) is 5.75 Å². The Hall–Kier alpha value is -1.26. The summed E-state index contributed by atoms with van der Waals surface area (Å²) in [6, 6.07) is 10.3.